The average Bonchev–Trinajstić information content (AvgIpc) is 2.69. The van der Waals surface area contributed by atoms with Crippen molar-refractivity contribution in [3.63, 3.8) is 0 Å². The van der Waals surface area contributed by atoms with Gasteiger partial charge in [-0.1, -0.05) is 18.2 Å². The summed E-state index contributed by atoms with van der Waals surface area (Å²) in [6, 6.07) is 10.6. The summed E-state index contributed by atoms with van der Waals surface area (Å²) in [5.74, 6) is 1.41. The SMILES string of the molecule is O=C(CC1CCOCC1)N1CCC[C@H](Cc2cccc3ncccc23)C1. The van der Waals surface area contributed by atoms with Crippen LogP contribution in [0.4, 0.5) is 0 Å². The van der Waals surface area contributed by atoms with Crippen LogP contribution in [0, 0.1) is 11.8 Å². The highest BCUT2D eigenvalue weighted by molar-refractivity contribution is 5.82. The summed E-state index contributed by atoms with van der Waals surface area (Å²) < 4.78 is 5.42. The number of rotatable bonds is 4. The standard InChI is InChI=1S/C22H28N2O2/c25-22(15-17-8-12-26-13-9-17)24-11-3-4-18(16-24)14-19-5-1-7-21-20(19)6-2-10-23-21/h1-2,5-7,10,17-18H,3-4,8-9,11-16H2/t18-/m1/s1. The summed E-state index contributed by atoms with van der Waals surface area (Å²) >= 11 is 0. The Balaban J connectivity index is 1.39. The smallest absolute Gasteiger partial charge is 0.222 e. The fourth-order valence-corrected chi connectivity index (χ4v) is 4.44. The zero-order valence-corrected chi connectivity index (χ0v) is 15.4. The zero-order chi connectivity index (χ0) is 17.8. The fourth-order valence-electron chi connectivity index (χ4n) is 4.44. The molecule has 4 heteroatoms. The van der Waals surface area contributed by atoms with Crippen LogP contribution in [0.3, 0.4) is 0 Å². The van der Waals surface area contributed by atoms with Crippen molar-refractivity contribution in [3.05, 3.63) is 42.1 Å². The summed E-state index contributed by atoms with van der Waals surface area (Å²) in [5.41, 5.74) is 2.42. The number of hydrogen-bond donors (Lipinski definition) is 0. The molecule has 0 bridgehead atoms. The van der Waals surface area contributed by atoms with Crippen LogP contribution < -0.4 is 0 Å². The molecule has 0 aliphatic carbocycles. The van der Waals surface area contributed by atoms with Gasteiger partial charge >= 0.3 is 0 Å². The molecule has 0 saturated carbocycles. The van der Waals surface area contributed by atoms with E-state index in [1.165, 1.54) is 17.4 Å². The first kappa shape index (κ1) is 17.5. The van der Waals surface area contributed by atoms with Crippen molar-refractivity contribution in [2.24, 2.45) is 11.8 Å². The molecule has 4 nitrogen and oxygen atoms in total. The number of ether oxygens (including phenoxy) is 1. The molecular weight excluding hydrogens is 324 g/mol. The predicted molar refractivity (Wildman–Crippen MR) is 103 cm³/mol. The highest BCUT2D eigenvalue weighted by Crippen LogP contribution is 2.26. The second-order valence-corrected chi connectivity index (χ2v) is 7.80. The molecule has 0 unspecified atom stereocenters. The molecule has 1 amide bonds. The molecule has 2 aliphatic rings. The maximum absolute atomic E-state index is 12.8. The number of pyridine rings is 1. The van der Waals surface area contributed by atoms with Crippen molar-refractivity contribution in [2.75, 3.05) is 26.3 Å². The number of carbonyl (C=O) groups is 1. The van der Waals surface area contributed by atoms with E-state index in [1.54, 1.807) is 0 Å². The Hall–Kier alpha value is -1.94. The third-order valence-electron chi connectivity index (χ3n) is 5.92. The third-order valence-corrected chi connectivity index (χ3v) is 5.92. The van der Waals surface area contributed by atoms with Gasteiger partial charge in [-0.3, -0.25) is 9.78 Å². The van der Waals surface area contributed by atoms with E-state index in [2.05, 4.69) is 34.1 Å². The predicted octanol–water partition coefficient (Wildman–Crippen LogP) is 3.83. The lowest BCUT2D eigenvalue weighted by Crippen LogP contribution is -2.41. The van der Waals surface area contributed by atoms with E-state index in [0.717, 1.165) is 57.5 Å². The van der Waals surface area contributed by atoms with Crippen LogP contribution in [0.2, 0.25) is 0 Å². The zero-order valence-electron chi connectivity index (χ0n) is 15.4. The van der Waals surface area contributed by atoms with Crippen LogP contribution in [0.15, 0.2) is 36.5 Å². The second-order valence-electron chi connectivity index (χ2n) is 7.80. The lowest BCUT2D eigenvalue weighted by Gasteiger charge is -2.34. The van der Waals surface area contributed by atoms with Crippen LogP contribution in [0.25, 0.3) is 10.9 Å². The molecule has 3 heterocycles. The molecule has 2 fully saturated rings. The Morgan fingerprint density at radius 2 is 2.00 bits per heavy atom. The number of fused-ring (bicyclic) bond motifs is 1. The van der Waals surface area contributed by atoms with Gasteiger partial charge in [-0.25, -0.2) is 0 Å². The highest BCUT2D eigenvalue weighted by Gasteiger charge is 2.26. The summed E-state index contributed by atoms with van der Waals surface area (Å²) in [6.07, 6.45) is 7.98. The van der Waals surface area contributed by atoms with Gasteiger partial charge in [-0.15, -0.1) is 0 Å². The van der Waals surface area contributed by atoms with Crippen molar-refractivity contribution in [1.82, 2.24) is 9.88 Å². The molecule has 1 atom stereocenters. The van der Waals surface area contributed by atoms with E-state index in [1.807, 2.05) is 12.3 Å². The van der Waals surface area contributed by atoms with Crippen LogP contribution in [0.5, 0.6) is 0 Å². The van der Waals surface area contributed by atoms with Crippen LogP contribution in [-0.2, 0) is 16.0 Å². The van der Waals surface area contributed by atoms with Crippen LogP contribution >= 0.6 is 0 Å². The van der Waals surface area contributed by atoms with E-state index in [0.29, 0.717) is 24.2 Å². The summed E-state index contributed by atoms with van der Waals surface area (Å²) in [4.78, 5) is 19.3. The Morgan fingerprint density at radius 1 is 1.12 bits per heavy atom. The number of likely N-dealkylation sites (tertiary alicyclic amines) is 1. The van der Waals surface area contributed by atoms with Gasteiger partial charge in [0.05, 0.1) is 5.52 Å². The summed E-state index contributed by atoms with van der Waals surface area (Å²) in [6.45, 7) is 3.46. The molecule has 2 saturated heterocycles. The molecule has 0 radical (unpaired) electrons. The number of benzene rings is 1. The van der Waals surface area contributed by atoms with Crippen molar-refractivity contribution in [1.29, 1.82) is 0 Å². The first-order valence-electron chi connectivity index (χ1n) is 9.98. The largest absolute Gasteiger partial charge is 0.381 e. The van der Waals surface area contributed by atoms with E-state index in [4.69, 9.17) is 4.74 Å². The first-order valence-corrected chi connectivity index (χ1v) is 9.98. The number of amides is 1. The second kappa shape index (κ2) is 8.17. The minimum Gasteiger partial charge on any atom is -0.381 e. The number of hydrogen-bond acceptors (Lipinski definition) is 3. The quantitative estimate of drug-likeness (QED) is 0.840. The molecule has 2 aromatic rings. The minimum atomic E-state index is 0.348. The normalized spacial score (nSPS) is 21.8. The summed E-state index contributed by atoms with van der Waals surface area (Å²) in [5, 5.41) is 1.25. The van der Waals surface area contributed by atoms with Crippen molar-refractivity contribution in [3.8, 4) is 0 Å². The Labute approximate surface area is 155 Å². The monoisotopic (exact) mass is 352 g/mol. The Morgan fingerprint density at radius 3 is 2.88 bits per heavy atom. The molecule has 138 valence electrons. The minimum absolute atomic E-state index is 0.348. The van der Waals surface area contributed by atoms with Crippen molar-refractivity contribution in [2.45, 2.75) is 38.5 Å². The van der Waals surface area contributed by atoms with Crippen molar-refractivity contribution < 1.29 is 9.53 Å². The van der Waals surface area contributed by atoms with Gasteiger partial charge in [-0.05, 0) is 61.6 Å². The highest BCUT2D eigenvalue weighted by atomic mass is 16.5. The number of nitrogens with zero attached hydrogens (tertiary/aromatic N) is 2. The molecular formula is C22H28N2O2. The van der Waals surface area contributed by atoms with Crippen LogP contribution in [0.1, 0.15) is 37.7 Å². The van der Waals surface area contributed by atoms with E-state index in [9.17, 15) is 4.79 Å². The maximum Gasteiger partial charge on any atom is 0.222 e. The van der Waals surface area contributed by atoms with Gasteiger partial charge in [0.15, 0.2) is 0 Å². The third kappa shape index (κ3) is 4.07. The van der Waals surface area contributed by atoms with E-state index < -0.39 is 0 Å². The Kier molecular flexibility index (Phi) is 5.49. The van der Waals surface area contributed by atoms with Gasteiger partial charge in [-0.2, -0.15) is 0 Å². The number of carbonyl (C=O) groups excluding carboxylic acids is 1. The molecule has 0 N–H and O–H groups in total. The topological polar surface area (TPSA) is 42.4 Å². The molecule has 4 rings (SSSR count). The van der Waals surface area contributed by atoms with Crippen LogP contribution in [-0.4, -0.2) is 42.1 Å². The fraction of sp³-hybridized carbons (Fsp3) is 0.545. The molecule has 1 aromatic heterocycles. The first-order chi connectivity index (χ1) is 12.8. The van der Waals surface area contributed by atoms with E-state index >= 15 is 0 Å². The Bertz CT molecular complexity index is 749. The van der Waals surface area contributed by atoms with Gasteiger partial charge < -0.3 is 9.64 Å². The van der Waals surface area contributed by atoms with Crippen molar-refractivity contribution >= 4 is 16.8 Å². The average molecular weight is 352 g/mol. The lowest BCUT2D eigenvalue weighted by atomic mass is 9.89. The summed E-state index contributed by atoms with van der Waals surface area (Å²) in [7, 11) is 0. The van der Waals surface area contributed by atoms with Gasteiger partial charge in [0.25, 0.3) is 0 Å². The molecule has 26 heavy (non-hydrogen) atoms. The van der Waals surface area contributed by atoms with Gasteiger partial charge in [0.2, 0.25) is 5.91 Å². The maximum atomic E-state index is 12.8. The number of piperidine rings is 1. The van der Waals surface area contributed by atoms with Gasteiger partial charge in [0, 0.05) is 44.3 Å². The van der Waals surface area contributed by atoms with Gasteiger partial charge in [0.1, 0.15) is 0 Å². The lowest BCUT2D eigenvalue weighted by molar-refractivity contribution is -0.134. The molecule has 0 spiro atoms. The molecule has 2 aliphatic heterocycles. The number of aromatic nitrogens is 1. The van der Waals surface area contributed by atoms with E-state index in [-0.39, 0.29) is 0 Å². The molecule has 1 aromatic carbocycles.